The highest BCUT2D eigenvalue weighted by molar-refractivity contribution is 6.32. The average Bonchev–Trinajstić information content (AvgIpc) is 2.53. The third-order valence-electron chi connectivity index (χ3n) is 2.98. The third-order valence-corrected chi connectivity index (χ3v) is 3.29. The molecule has 0 aliphatic heterocycles. The molecule has 2 rings (SSSR count). The standard InChI is InChI=1S/C15H16ClN3O2/c1-21-14-8-12(5-6-13(14)16)18-9-10-3-2-4-11(7-10)15(17)19-20/h2-8,18,20H,9H2,1H3,(H2,17,19). The molecule has 4 N–H and O–H groups in total. The molecule has 0 aromatic heterocycles. The third kappa shape index (κ3) is 3.79. The number of amidine groups is 1. The zero-order valence-electron chi connectivity index (χ0n) is 11.5. The van der Waals surface area contributed by atoms with E-state index in [0.717, 1.165) is 11.3 Å². The molecule has 0 aliphatic carbocycles. The number of oxime groups is 1. The number of rotatable bonds is 5. The van der Waals surface area contributed by atoms with Crippen molar-refractivity contribution in [3.63, 3.8) is 0 Å². The Hall–Kier alpha value is -2.40. The molecule has 0 bridgehead atoms. The van der Waals surface area contributed by atoms with E-state index in [4.69, 9.17) is 27.3 Å². The minimum absolute atomic E-state index is 0.0880. The number of nitrogens with two attached hydrogens (primary N) is 1. The van der Waals surface area contributed by atoms with Crippen molar-refractivity contribution in [3.05, 3.63) is 58.6 Å². The summed E-state index contributed by atoms with van der Waals surface area (Å²) in [7, 11) is 1.57. The van der Waals surface area contributed by atoms with E-state index in [2.05, 4.69) is 10.5 Å². The normalized spacial score (nSPS) is 11.2. The smallest absolute Gasteiger partial charge is 0.170 e. The first-order valence-corrected chi connectivity index (χ1v) is 6.66. The van der Waals surface area contributed by atoms with Crippen LogP contribution in [0.25, 0.3) is 0 Å². The highest BCUT2D eigenvalue weighted by Gasteiger charge is 2.03. The lowest BCUT2D eigenvalue weighted by molar-refractivity contribution is 0.318. The van der Waals surface area contributed by atoms with Crippen molar-refractivity contribution in [2.75, 3.05) is 12.4 Å². The van der Waals surface area contributed by atoms with Crippen LogP contribution in [0.1, 0.15) is 11.1 Å². The lowest BCUT2D eigenvalue weighted by atomic mass is 10.1. The SMILES string of the molecule is COc1cc(NCc2cccc(/C(N)=N/O)c2)ccc1Cl. The number of ether oxygens (including phenoxy) is 1. The van der Waals surface area contributed by atoms with Gasteiger partial charge in [0.05, 0.1) is 12.1 Å². The molecule has 2 aromatic rings. The number of hydrogen-bond acceptors (Lipinski definition) is 4. The Morgan fingerprint density at radius 1 is 1.33 bits per heavy atom. The molecule has 110 valence electrons. The van der Waals surface area contributed by atoms with Gasteiger partial charge in [0.25, 0.3) is 0 Å². The van der Waals surface area contributed by atoms with E-state index in [1.807, 2.05) is 30.3 Å². The number of methoxy groups -OCH3 is 1. The van der Waals surface area contributed by atoms with E-state index in [1.54, 1.807) is 19.2 Å². The zero-order chi connectivity index (χ0) is 15.2. The Kier molecular flexibility index (Phi) is 4.90. The van der Waals surface area contributed by atoms with E-state index < -0.39 is 0 Å². The summed E-state index contributed by atoms with van der Waals surface area (Å²) in [5, 5.41) is 15.5. The van der Waals surface area contributed by atoms with Crippen molar-refractivity contribution in [2.24, 2.45) is 10.9 Å². The van der Waals surface area contributed by atoms with Gasteiger partial charge in [-0.2, -0.15) is 0 Å². The molecule has 6 heteroatoms. The Morgan fingerprint density at radius 3 is 2.86 bits per heavy atom. The van der Waals surface area contributed by atoms with Crippen LogP contribution in [0.3, 0.4) is 0 Å². The first-order valence-electron chi connectivity index (χ1n) is 6.28. The quantitative estimate of drug-likeness (QED) is 0.343. The molecule has 21 heavy (non-hydrogen) atoms. The summed E-state index contributed by atoms with van der Waals surface area (Å²) in [6, 6.07) is 12.9. The van der Waals surface area contributed by atoms with Crippen molar-refractivity contribution in [3.8, 4) is 5.75 Å². The van der Waals surface area contributed by atoms with Crippen molar-refractivity contribution >= 4 is 23.1 Å². The second kappa shape index (κ2) is 6.85. The van der Waals surface area contributed by atoms with Gasteiger partial charge >= 0.3 is 0 Å². The number of nitrogens with zero attached hydrogens (tertiary/aromatic N) is 1. The van der Waals surface area contributed by atoms with E-state index in [0.29, 0.717) is 22.9 Å². The number of anilines is 1. The first-order chi connectivity index (χ1) is 10.1. The average molecular weight is 306 g/mol. The summed E-state index contributed by atoms with van der Waals surface area (Å²) in [5.41, 5.74) is 8.15. The summed E-state index contributed by atoms with van der Waals surface area (Å²) >= 11 is 5.98. The van der Waals surface area contributed by atoms with Crippen molar-refractivity contribution in [2.45, 2.75) is 6.54 Å². The van der Waals surface area contributed by atoms with Gasteiger partial charge in [-0.25, -0.2) is 0 Å². The van der Waals surface area contributed by atoms with Crippen LogP contribution in [0.15, 0.2) is 47.6 Å². The highest BCUT2D eigenvalue weighted by atomic mass is 35.5. The molecule has 0 saturated carbocycles. The second-order valence-electron chi connectivity index (χ2n) is 4.39. The molecular formula is C15H16ClN3O2. The van der Waals surface area contributed by atoms with Crippen molar-refractivity contribution in [1.82, 2.24) is 0 Å². The van der Waals surface area contributed by atoms with Crippen LogP contribution in [-0.4, -0.2) is 18.2 Å². The Bertz CT molecular complexity index is 659. The van der Waals surface area contributed by atoms with Gasteiger partial charge in [-0.05, 0) is 23.8 Å². The lowest BCUT2D eigenvalue weighted by Gasteiger charge is -2.10. The molecular weight excluding hydrogens is 290 g/mol. The first kappa shape index (κ1) is 15.0. The van der Waals surface area contributed by atoms with Gasteiger partial charge in [0, 0.05) is 23.9 Å². The van der Waals surface area contributed by atoms with Gasteiger partial charge in [-0.1, -0.05) is 35.0 Å². The van der Waals surface area contributed by atoms with Gasteiger partial charge in [-0.15, -0.1) is 0 Å². The Balaban J connectivity index is 2.09. The van der Waals surface area contributed by atoms with Crippen molar-refractivity contribution < 1.29 is 9.94 Å². The maximum Gasteiger partial charge on any atom is 0.170 e. The monoisotopic (exact) mass is 305 g/mol. The van der Waals surface area contributed by atoms with Crippen LogP contribution in [-0.2, 0) is 6.54 Å². The molecule has 5 nitrogen and oxygen atoms in total. The van der Waals surface area contributed by atoms with E-state index in [-0.39, 0.29) is 5.84 Å². The summed E-state index contributed by atoms with van der Waals surface area (Å²) in [6.07, 6.45) is 0. The molecule has 0 atom stereocenters. The number of benzene rings is 2. The Morgan fingerprint density at radius 2 is 2.14 bits per heavy atom. The summed E-state index contributed by atoms with van der Waals surface area (Å²) in [5.74, 6) is 0.706. The lowest BCUT2D eigenvalue weighted by Crippen LogP contribution is -2.13. The molecule has 0 amide bonds. The molecule has 0 radical (unpaired) electrons. The number of halogens is 1. The minimum atomic E-state index is 0.0880. The summed E-state index contributed by atoms with van der Waals surface area (Å²) < 4.78 is 5.17. The summed E-state index contributed by atoms with van der Waals surface area (Å²) in [4.78, 5) is 0. The fourth-order valence-electron chi connectivity index (χ4n) is 1.87. The fourth-order valence-corrected chi connectivity index (χ4v) is 2.07. The van der Waals surface area contributed by atoms with Crippen LogP contribution < -0.4 is 15.8 Å². The van der Waals surface area contributed by atoms with Crippen LogP contribution in [0.2, 0.25) is 5.02 Å². The summed E-state index contributed by atoms with van der Waals surface area (Å²) in [6.45, 7) is 0.595. The van der Waals surface area contributed by atoms with Gasteiger partial charge in [0.15, 0.2) is 5.84 Å². The number of nitrogens with one attached hydrogen (secondary N) is 1. The van der Waals surface area contributed by atoms with E-state index in [9.17, 15) is 0 Å². The van der Waals surface area contributed by atoms with Crippen LogP contribution in [0.5, 0.6) is 5.75 Å². The molecule has 0 heterocycles. The van der Waals surface area contributed by atoms with Crippen LogP contribution in [0.4, 0.5) is 5.69 Å². The molecule has 0 saturated heterocycles. The molecule has 0 unspecified atom stereocenters. The fraction of sp³-hybridized carbons (Fsp3) is 0.133. The molecule has 0 aliphatic rings. The highest BCUT2D eigenvalue weighted by Crippen LogP contribution is 2.27. The van der Waals surface area contributed by atoms with Gasteiger partial charge < -0.3 is 21.0 Å². The Labute approximate surface area is 128 Å². The van der Waals surface area contributed by atoms with Gasteiger partial charge in [0.1, 0.15) is 5.75 Å². The predicted octanol–water partition coefficient (Wildman–Crippen LogP) is 3.06. The maximum absolute atomic E-state index is 8.69. The van der Waals surface area contributed by atoms with Gasteiger partial charge in [0.2, 0.25) is 0 Å². The van der Waals surface area contributed by atoms with Crippen LogP contribution >= 0.6 is 11.6 Å². The van der Waals surface area contributed by atoms with Crippen LogP contribution in [0, 0.1) is 0 Å². The molecule has 0 spiro atoms. The minimum Gasteiger partial charge on any atom is -0.495 e. The maximum atomic E-state index is 8.69. The molecule has 2 aromatic carbocycles. The zero-order valence-corrected chi connectivity index (χ0v) is 12.3. The number of hydrogen-bond donors (Lipinski definition) is 3. The van der Waals surface area contributed by atoms with E-state index in [1.165, 1.54) is 0 Å². The molecule has 0 fully saturated rings. The largest absolute Gasteiger partial charge is 0.495 e. The van der Waals surface area contributed by atoms with E-state index >= 15 is 0 Å². The van der Waals surface area contributed by atoms with Gasteiger partial charge in [-0.3, -0.25) is 0 Å². The predicted molar refractivity (Wildman–Crippen MR) is 84.3 cm³/mol. The second-order valence-corrected chi connectivity index (χ2v) is 4.80. The van der Waals surface area contributed by atoms with Crippen molar-refractivity contribution in [1.29, 1.82) is 0 Å². The topological polar surface area (TPSA) is 79.9 Å².